The van der Waals surface area contributed by atoms with E-state index in [1.54, 1.807) is 6.07 Å². The second kappa shape index (κ2) is 5.26. The van der Waals surface area contributed by atoms with Crippen molar-refractivity contribution in [3.8, 4) is 0 Å². The number of hydrogen-bond acceptors (Lipinski definition) is 2. The fourth-order valence-electron chi connectivity index (χ4n) is 2.52. The Labute approximate surface area is 120 Å². The third-order valence-electron chi connectivity index (χ3n) is 3.72. The molecule has 3 N–H and O–H groups in total. The highest BCUT2D eigenvalue weighted by atomic mass is 19.2. The number of rotatable bonds is 2. The molecule has 1 unspecified atom stereocenters. The lowest BCUT2D eigenvalue weighted by atomic mass is 9.93. The van der Waals surface area contributed by atoms with Gasteiger partial charge in [0.25, 0.3) is 5.91 Å². The Morgan fingerprint density at radius 3 is 2.52 bits per heavy atom. The van der Waals surface area contributed by atoms with Crippen molar-refractivity contribution in [1.29, 1.82) is 0 Å². The van der Waals surface area contributed by atoms with Crippen LogP contribution in [0.1, 0.15) is 33.1 Å². The van der Waals surface area contributed by atoms with Gasteiger partial charge in [-0.2, -0.15) is 0 Å². The van der Waals surface area contributed by atoms with Crippen LogP contribution in [-0.4, -0.2) is 12.5 Å². The third kappa shape index (κ3) is 2.52. The minimum atomic E-state index is -0.932. The summed E-state index contributed by atoms with van der Waals surface area (Å²) in [5, 5.41) is 2.77. The van der Waals surface area contributed by atoms with Gasteiger partial charge >= 0.3 is 0 Å². The molecule has 3 rings (SSSR count). The maximum atomic E-state index is 13.3. The Morgan fingerprint density at radius 2 is 1.76 bits per heavy atom. The normalized spacial score (nSPS) is 15.3. The zero-order chi connectivity index (χ0) is 15.0. The number of carbonyl (C=O) groups is 1. The first-order valence-electron chi connectivity index (χ1n) is 6.68. The number of fused-ring (bicyclic) bond motifs is 1. The van der Waals surface area contributed by atoms with Gasteiger partial charge in [-0.15, -0.1) is 0 Å². The average molecular weight is 288 g/mol. The Morgan fingerprint density at radius 1 is 1.05 bits per heavy atom. The van der Waals surface area contributed by atoms with Crippen LogP contribution in [0, 0.1) is 11.6 Å². The molecular formula is C16H14F2N2O. The number of benzene rings is 2. The van der Waals surface area contributed by atoms with E-state index in [0.29, 0.717) is 23.2 Å². The highest BCUT2D eigenvalue weighted by Gasteiger charge is 2.19. The maximum Gasteiger partial charge on any atom is 0.251 e. The first kappa shape index (κ1) is 13.7. The minimum absolute atomic E-state index is 0.129. The van der Waals surface area contributed by atoms with Crippen LogP contribution in [0.5, 0.6) is 0 Å². The summed E-state index contributed by atoms with van der Waals surface area (Å²) in [6.45, 7) is 0.625. The molecule has 0 fully saturated rings. The second-order valence-electron chi connectivity index (χ2n) is 5.07. The van der Waals surface area contributed by atoms with Gasteiger partial charge in [-0.1, -0.05) is 18.2 Å². The summed E-state index contributed by atoms with van der Waals surface area (Å²) in [6.07, 6.45) is 0.780. The molecule has 21 heavy (non-hydrogen) atoms. The number of nitrogens with two attached hydrogens (primary N) is 1. The SMILES string of the molecule is NC(c1ccc(F)c(F)c1)c1ccc2c(c1)C(=O)NCC2. The van der Waals surface area contributed by atoms with Gasteiger partial charge in [0.2, 0.25) is 0 Å². The molecular weight excluding hydrogens is 274 g/mol. The van der Waals surface area contributed by atoms with Crippen LogP contribution < -0.4 is 11.1 Å². The molecule has 0 aliphatic carbocycles. The summed E-state index contributed by atoms with van der Waals surface area (Å²) in [4.78, 5) is 11.8. The van der Waals surface area contributed by atoms with Gasteiger partial charge in [0.1, 0.15) is 0 Å². The van der Waals surface area contributed by atoms with Crippen LogP contribution in [0.15, 0.2) is 36.4 Å². The van der Waals surface area contributed by atoms with Crippen LogP contribution >= 0.6 is 0 Å². The van der Waals surface area contributed by atoms with Crippen LogP contribution in [0.3, 0.4) is 0 Å². The van der Waals surface area contributed by atoms with Crippen molar-refractivity contribution in [1.82, 2.24) is 5.32 Å². The van der Waals surface area contributed by atoms with Crippen molar-refractivity contribution >= 4 is 5.91 Å². The van der Waals surface area contributed by atoms with Crippen molar-refractivity contribution in [2.45, 2.75) is 12.5 Å². The highest BCUT2D eigenvalue weighted by Crippen LogP contribution is 2.24. The van der Waals surface area contributed by atoms with E-state index in [1.165, 1.54) is 6.07 Å². The molecule has 0 bridgehead atoms. The van der Waals surface area contributed by atoms with Crippen molar-refractivity contribution in [2.75, 3.05) is 6.54 Å². The Kier molecular flexibility index (Phi) is 3.43. The second-order valence-corrected chi connectivity index (χ2v) is 5.07. The maximum absolute atomic E-state index is 13.3. The van der Waals surface area contributed by atoms with Gasteiger partial charge < -0.3 is 11.1 Å². The van der Waals surface area contributed by atoms with E-state index in [0.717, 1.165) is 24.1 Å². The molecule has 0 aromatic heterocycles. The largest absolute Gasteiger partial charge is 0.352 e. The van der Waals surface area contributed by atoms with E-state index in [2.05, 4.69) is 5.32 Å². The van der Waals surface area contributed by atoms with Crippen molar-refractivity contribution in [2.24, 2.45) is 5.73 Å². The molecule has 3 nitrogen and oxygen atoms in total. The summed E-state index contributed by atoms with van der Waals surface area (Å²) >= 11 is 0. The first-order chi connectivity index (χ1) is 10.1. The Balaban J connectivity index is 1.98. The van der Waals surface area contributed by atoms with Gasteiger partial charge in [0.15, 0.2) is 11.6 Å². The summed E-state index contributed by atoms with van der Waals surface area (Å²) in [6, 6.07) is 8.38. The molecule has 1 amide bonds. The average Bonchev–Trinajstić information content (AvgIpc) is 2.49. The first-order valence-corrected chi connectivity index (χ1v) is 6.68. The molecule has 0 spiro atoms. The molecule has 1 heterocycles. The van der Waals surface area contributed by atoms with Gasteiger partial charge in [-0.05, 0) is 41.3 Å². The molecule has 2 aromatic rings. The number of amides is 1. The molecule has 108 valence electrons. The number of nitrogens with one attached hydrogen (secondary N) is 1. The standard InChI is InChI=1S/C16H14F2N2O/c17-13-4-3-11(8-14(13)18)15(19)10-2-1-9-5-6-20-16(21)12(9)7-10/h1-4,7-8,15H,5-6,19H2,(H,20,21). The van der Waals surface area contributed by atoms with Crippen LogP contribution in [0.2, 0.25) is 0 Å². The molecule has 1 aliphatic rings. The van der Waals surface area contributed by atoms with Gasteiger partial charge in [-0.3, -0.25) is 4.79 Å². The van der Waals surface area contributed by atoms with E-state index >= 15 is 0 Å². The lowest BCUT2D eigenvalue weighted by Crippen LogP contribution is -2.32. The van der Waals surface area contributed by atoms with Gasteiger partial charge in [0, 0.05) is 12.1 Å². The molecule has 0 saturated carbocycles. The molecule has 0 saturated heterocycles. The molecule has 5 heteroatoms. The number of hydrogen-bond donors (Lipinski definition) is 2. The predicted molar refractivity (Wildman–Crippen MR) is 74.9 cm³/mol. The lowest BCUT2D eigenvalue weighted by molar-refractivity contribution is 0.0946. The summed E-state index contributed by atoms with van der Waals surface area (Å²) < 4.78 is 26.3. The fourth-order valence-corrected chi connectivity index (χ4v) is 2.52. The van der Waals surface area contributed by atoms with Crippen LogP contribution in [0.4, 0.5) is 8.78 Å². The smallest absolute Gasteiger partial charge is 0.251 e. The van der Waals surface area contributed by atoms with E-state index in [9.17, 15) is 13.6 Å². The molecule has 1 atom stereocenters. The van der Waals surface area contributed by atoms with E-state index in [-0.39, 0.29) is 5.91 Å². The molecule has 2 aromatic carbocycles. The van der Waals surface area contributed by atoms with E-state index in [4.69, 9.17) is 5.73 Å². The number of halogens is 2. The lowest BCUT2D eigenvalue weighted by Gasteiger charge is -2.19. The minimum Gasteiger partial charge on any atom is -0.352 e. The summed E-state index contributed by atoms with van der Waals surface area (Å²) in [5.41, 5.74) is 8.81. The topological polar surface area (TPSA) is 55.1 Å². The fraction of sp³-hybridized carbons (Fsp3) is 0.188. The van der Waals surface area contributed by atoms with Crippen LogP contribution in [0.25, 0.3) is 0 Å². The summed E-state index contributed by atoms with van der Waals surface area (Å²) in [7, 11) is 0. The van der Waals surface area contributed by atoms with Gasteiger partial charge in [0.05, 0.1) is 6.04 Å². The van der Waals surface area contributed by atoms with Crippen LogP contribution in [-0.2, 0) is 6.42 Å². The van der Waals surface area contributed by atoms with Crippen molar-refractivity contribution in [3.63, 3.8) is 0 Å². The van der Waals surface area contributed by atoms with Crippen molar-refractivity contribution in [3.05, 3.63) is 70.3 Å². The highest BCUT2D eigenvalue weighted by molar-refractivity contribution is 5.96. The van der Waals surface area contributed by atoms with E-state index in [1.807, 2.05) is 12.1 Å². The third-order valence-corrected chi connectivity index (χ3v) is 3.72. The summed E-state index contributed by atoms with van der Waals surface area (Å²) in [5.74, 6) is -1.97. The zero-order valence-corrected chi connectivity index (χ0v) is 11.2. The molecule has 1 aliphatic heterocycles. The number of carbonyl (C=O) groups excluding carboxylic acids is 1. The Bertz CT molecular complexity index is 715. The quantitative estimate of drug-likeness (QED) is 0.891. The monoisotopic (exact) mass is 288 g/mol. The van der Waals surface area contributed by atoms with Gasteiger partial charge in [-0.25, -0.2) is 8.78 Å². The van der Waals surface area contributed by atoms with E-state index < -0.39 is 17.7 Å². The zero-order valence-electron chi connectivity index (χ0n) is 11.2. The predicted octanol–water partition coefficient (Wildman–Crippen LogP) is 2.30. The Hall–Kier alpha value is -2.27. The molecule has 0 radical (unpaired) electrons. The van der Waals surface area contributed by atoms with Crippen molar-refractivity contribution < 1.29 is 13.6 Å².